The van der Waals surface area contributed by atoms with Gasteiger partial charge in [-0.2, -0.15) is 0 Å². The molecule has 4 nitrogen and oxygen atoms in total. The predicted molar refractivity (Wildman–Crippen MR) is 55.8 cm³/mol. The van der Waals surface area contributed by atoms with Gasteiger partial charge in [0.2, 0.25) is 0 Å². The SMILES string of the molecule is Cc1cncc(-c2nnc(CN)s2)c1. The molecule has 2 rings (SSSR count). The van der Waals surface area contributed by atoms with Crippen LogP contribution in [0.5, 0.6) is 0 Å². The summed E-state index contributed by atoms with van der Waals surface area (Å²) in [6.45, 7) is 2.44. The largest absolute Gasteiger partial charge is 0.324 e. The molecular weight excluding hydrogens is 196 g/mol. The number of aromatic nitrogens is 3. The fraction of sp³-hybridized carbons (Fsp3) is 0.222. The van der Waals surface area contributed by atoms with Crippen LogP contribution in [-0.4, -0.2) is 15.2 Å². The monoisotopic (exact) mass is 206 g/mol. The van der Waals surface area contributed by atoms with Crippen LogP contribution in [0.3, 0.4) is 0 Å². The van der Waals surface area contributed by atoms with E-state index in [2.05, 4.69) is 15.2 Å². The Morgan fingerprint density at radius 3 is 2.86 bits per heavy atom. The highest BCUT2D eigenvalue weighted by Crippen LogP contribution is 2.22. The van der Waals surface area contributed by atoms with Gasteiger partial charge in [-0.25, -0.2) is 0 Å². The molecule has 0 spiro atoms. The molecule has 0 radical (unpaired) electrons. The van der Waals surface area contributed by atoms with Crippen LogP contribution >= 0.6 is 11.3 Å². The van der Waals surface area contributed by atoms with Crippen LogP contribution in [0.2, 0.25) is 0 Å². The number of hydrogen-bond acceptors (Lipinski definition) is 5. The van der Waals surface area contributed by atoms with Crippen molar-refractivity contribution in [1.82, 2.24) is 15.2 Å². The molecule has 2 heterocycles. The quantitative estimate of drug-likeness (QED) is 0.806. The van der Waals surface area contributed by atoms with E-state index in [1.165, 1.54) is 11.3 Å². The third-order valence-corrected chi connectivity index (χ3v) is 2.76. The summed E-state index contributed by atoms with van der Waals surface area (Å²) in [4.78, 5) is 4.10. The van der Waals surface area contributed by atoms with Crippen LogP contribution < -0.4 is 5.73 Å². The minimum absolute atomic E-state index is 0.441. The van der Waals surface area contributed by atoms with Gasteiger partial charge in [-0.05, 0) is 18.6 Å². The van der Waals surface area contributed by atoms with E-state index in [1.807, 2.05) is 19.2 Å². The van der Waals surface area contributed by atoms with Gasteiger partial charge in [0.15, 0.2) is 0 Å². The molecule has 2 aromatic heterocycles. The van der Waals surface area contributed by atoms with Crippen molar-refractivity contribution in [3.63, 3.8) is 0 Å². The maximum absolute atomic E-state index is 5.46. The van der Waals surface area contributed by atoms with Gasteiger partial charge < -0.3 is 5.73 Å². The zero-order valence-corrected chi connectivity index (χ0v) is 8.58. The third-order valence-electron chi connectivity index (χ3n) is 1.76. The van der Waals surface area contributed by atoms with Crippen molar-refractivity contribution in [2.75, 3.05) is 0 Å². The molecule has 0 aromatic carbocycles. The number of nitrogens with zero attached hydrogens (tertiary/aromatic N) is 3. The molecule has 0 aliphatic carbocycles. The third kappa shape index (κ3) is 1.78. The zero-order valence-electron chi connectivity index (χ0n) is 7.77. The van der Waals surface area contributed by atoms with Crippen LogP contribution in [0.15, 0.2) is 18.5 Å². The summed E-state index contributed by atoms with van der Waals surface area (Å²) in [7, 11) is 0. The first-order valence-corrected chi connectivity index (χ1v) is 5.05. The van der Waals surface area contributed by atoms with Crippen molar-refractivity contribution in [2.45, 2.75) is 13.5 Å². The van der Waals surface area contributed by atoms with Gasteiger partial charge in [0.05, 0.1) is 0 Å². The molecule has 2 aromatic rings. The standard InChI is InChI=1S/C9H10N4S/c1-6-2-7(5-11-4-6)9-13-12-8(3-10)14-9/h2,4-5H,3,10H2,1H3. The number of nitrogens with two attached hydrogens (primary N) is 1. The van der Waals surface area contributed by atoms with Crippen LogP contribution in [-0.2, 0) is 6.54 Å². The molecule has 2 N–H and O–H groups in total. The van der Waals surface area contributed by atoms with E-state index in [9.17, 15) is 0 Å². The van der Waals surface area contributed by atoms with E-state index >= 15 is 0 Å². The van der Waals surface area contributed by atoms with Gasteiger partial charge in [0.25, 0.3) is 0 Å². The Kier molecular flexibility index (Phi) is 2.51. The lowest BCUT2D eigenvalue weighted by Crippen LogP contribution is -1.94. The Balaban J connectivity index is 2.39. The summed E-state index contributed by atoms with van der Waals surface area (Å²) < 4.78 is 0. The van der Waals surface area contributed by atoms with Crippen LogP contribution in [0, 0.1) is 6.92 Å². The number of aryl methyl sites for hydroxylation is 1. The molecule has 0 fully saturated rings. The van der Waals surface area contributed by atoms with Crippen molar-refractivity contribution in [2.24, 2.45) is 5.73 Å². The van der Waals surface area contributed by atoms with E-state index in [0.717, 1.165) is 21.1 Å². The maximum atomic E-state index is 5.46. The number of rotatable bonds is 2. The van der Waals surface area contributed by atoms with E-state index in [4.69, 9.17) is 5.73 Å². The van der Waals surface area contributed by atoms with Gasteiger partial charge in [-0.1, -0.05) is 11.3 Å². The molecule has 0 bridgehead atoms. The highest BCUT2D eigenvalue weighted by Gasteiger charge is 2.05. The highest BCUT2D eigenvalue weighted by molar-refractivity contribution is 7.14. The average molecular weight is 206 g/mol. The topological polar surface area (TPSA) is 64.7 Å². The van der Waals surface area contributed by atoms with Crippen molar-refractivity contribution in [3.05, 3.63) is 29.0 Å². The molecule has 0 aliphatic rings. The van der Waals surface area contributed by atoms with Gasteiger partial charge >= 0.3 is 0 Å². The second-order valence-electron chi connectivity index (χ2n) is 2.96. The summed E-state index contributed by atoms with van der Waals surface area (Å²) in [6, 6.07) is 2.04. The van der Waals surface area contributed by atoms with E-state index in [-0.39, 0.29) is 0 Å². The first kappa shape index (κ1) is 9.23. The predicted octanol–water partition coefficient (Wildman–Crippen LogP) is 1.37. The van der Waals surface area contributed by atoms with E-state index < -0.39 is 0 Å². The van der Waals surface area contributed by atoms with E-state index in [0.29, 0.717) is 6.54 Å². The first-order valence-electron chi connectivity index (χ1n) is 4.24. The summed E-state index contributed by atoms with van der Waals surface area (Å²) >= 11 is 1.51. The maximum Gasteiger partial charge on any atom is 0.149 e. The van der Waals surface area contributed by atoms with Crippen molar-refractivity contribution >= 4 is 11.3 Å². The lowest BCUT2D eigenvalue weighted by Gasteiger charge is -1.94. The van der Waals surface area contributed by atoms with Crippen LogP contribution in [0.1, 0.15) is 10.6 Å². The lowest BCUT2D eigenvalue weighted by atomic mass is 10.2. The van der Waals surface area contributed by atoms with E-state index in [1.54, 1.807) is 6.20 Å². The molecule has 14 heavy (non-hydrogen) atoms. The number of pyridine rings is 1. The summed E-state index contributed by atoms with van der Waals surface area (Å²) in [5.74, 6) is 0. The fourth-order valence-corrected chi connectivity index (χ4v) is 1.82. The smallest absolute Gasteiger partial charge is 0.149 e. The molecule has 0 aliphatic heterocycles. The van der Waals surface area contributed by atoms with Gasteiger partial charge in [0, 0.05) is 24.5 Å². The molecule has 0 amide bonds. The molecule has 0 saturated carbocycles. The molecule has 0 saturated heterocycles. The molecular formula is C9H10N4S. The molecule has 72 valence electrons. The van der Waals surface area contributed by atoms with Gasteiger partial charge in [-0.15, -0.1) is 10.2 Å². The van der Waals surface area contributed by atoms with Crippen molar-refractivity contribution in [3.8, 4) is 10.6 Å². The lowest BCUT2D eigenvalue weighted by molar-refractivity contribution is 0.960. The Hall–Kier alpha value is -1.33. The summed E-state index contributed by atoms with van der Waals surface area (Å²) in [6.07, 6.45) is 3.60. The number of hydrogen-bond donors (Lipinski definition) is 1. The zero-order chi connectivity index (χ0) is 9.97. The Morgan fingerprint density at radius 2 is 2.21 bits per heavy atom. The summed E-state index contributed by atoms with van der Waals surface area (Å²) in [5, 5.41) is 9.73. The first-order chi connectivity index (χ1) is 6.79. The minimum Gasteiger partial charge on any atom is -0.324 e. The highest BCUT2D eigenvalue weighted by atomic mass is 32.1. The normalized spacial score (nSPS) is 10.4. The van der Waals surface area contributed by atoms with Crippen molar-refractivity contribution < 1.29 is 0 Å². The Morgan fingerprint density at radius 1 is 1.36 bits per heavy atom. The van der Waals surface area contributed by atoms with Gasteiger partial charge in [-0.3, -0.25) is 4.98 Å². The van der Waals surface area contributed by atoms with Crippen molar-refractivity contribution in [1.29, 1.82) is 0 Å². The minimum atomic E-state index is 0.441. The summed E-state index contributed by atoms with van der Waals surface area (Å²) in [5.41, 5.74) is 7.58. The van der Waals surface area contributed by atoms with Crippen LogP contribution in [0.4, 0.5) is 0 Å². The molecule has 0 unspecified atom stereocenters. The van der Waals surface area contributed by atoms with Crippen LogP contribution in [0.25, 0.3) is 10.6 Å². The fourth-order valence-electron chi connectivity index (χ4n) is 1.12. The van der Waals surface area contributed by atoms with Gasteiger partial charge in [0.1, 0.15) is 10.0 Å². The second-order valence-corrected chi connectivity index (χ2v) is 4.02. The molecule has 0 atom stereocenters. The molecule has 5 heteroatoms. The Bertz CT molecular complexity index is 438. The Labute approximate surface area is 85.8 Å². The average Bonchev–Trinajstić information content (AvgIpc) is 2.66. The second kappa shape index (κ2) is 3.81.